The molecule has 0 heterocycles. The van der Waals surface area contributed by atoms with E-state index < -0.39 is 0 Å². The highest BCUT2D eigenvalue weighted by Crippen LogP contribution is 2.24. The molecule has 0 bridgehead atoms. The molecule has 0 saturated carbocycles. The zero-order valence-electron chi connectivity index (χ0n) is 12.4. The van der Waals surface area contributed by atoms with Gasteiger partial charge in [0.15, 0.2) is 0 Å². The Morgan fingerprint density at radius 3 is 2.06 bits per heavy atom. The maximum atomic E-state index is 5.74. The molecule has 0 atom stereocenters. The Bertz CT molecular complexity index is 355. The van der Waals surface area contributed by atoms with Crippen LogP contribution in [0.15, 0.2) is 24.3 Å². The Morgan fingerprint density at radius 1 is 1.00 bits per heavy atom. The van der Waals surface area contributed by atoms with Crippen LogP contribution < -0.4 is 5.73 Å². The lowest BCUT2D eigenvalue weighted by atomic mass is 9.84. The predicted octanol–water partition coefficient (Wildman–Crippen LogP) is 2.04. The van der Waals surface area contributed by atoms with E-state index in [0.717, 1.165) is 25.3 Å². The van der Waals surface area contributed by atoms with Crippen molar-refractivity contribution < 1.29 is 0 Å². The molecule has 0 fully saturated rings. The molecular weight excluding hydrogens is 222 g/mol. The van der Waals surface area contributed by atoms with Gasteiger partial charge < -0.3 is 15.5 Å². The van der Waals surface area contributed by atoms with Gasteiger partial charge in [0, 0.05) is 30.7 Å². The standard InChI is InChI=1S/C15H27N3/c1-15(2,12-18(5)11-10-17(3)4)13-6-8-14(16)9-7-13/h6-9H,10-12,16H2,1-5H3. The lowest BCUT2D eigenvalue weighted by Crippen LogP contribution is -2.38. The Labute approximate surface area is 112 Å². The van der Waals surface area contributed by atoms with Crippen LogP contribution in [-0.2, 0) is 5.41 Å². The fourth-order valence-corrected chi connectivity index (χ4v) is 2.15. The van der Waals surface area contributed by atoms with Gasteiger partial charge >= 0.3 is 0 Å². The minimum absolute atomic E-state index is 0.148. The third-order valence-corrected chi connectivity index (χ3v) is 3.29. The minimum Gasteiger partial charge on any atom is -0.399 e. The second kappa shape index (κ2) is 6.21. The summed E-state index contributed by atoms with van der Waals surface area (Å²) in [6.45, 7) is 7.79. The number of hydrogen-bond donors (Lipinski definition) is 1. The quantitative estimate of drug-likeness (QED) is 0.783. The number of nitrogens with zero attached hydrogens (tertiary/aromatic N) is 2. The Balaban J connectivity index is 2.60. The molecule has 0 radical (unpaired) electrons. The summed E-state index contributed by atoms with van der Waals surface area (Å²) in [6, 6.07) is 8.23. The number of anilines is 1. The van der Waals surface area contributed by atoms with E-state index in [1.165, 1.54) is 5.56 Å². The van der Waals surface area contributed by atoms with Gasteiger partial charge in [-0.15, -0.1) is 0 Å². The molecule has 1 rings (SSSR count). The summed E-state index contributed by atoms with van der Waals surface area (Å²) in [5.74, 6) is 0. The molecular formula is C15H27N3. The van der Waals surface area contributed by atoms with Gasteiger partial charge in [-0.25, -0.2) is 0 Å². The maximum absolute atomic E-state index is 5.74. The Hall–Kier alpha value is -1.06. The van der Waals surface area contributed by atoms with Gasteiger partial charge in [-0.05, 0) is 38.8 Å². The molecule has 18 heavy (non-hydrogen) atoms. The second-order valence-corrected chi connectivity index (χ2v) is 6.05. The van der Waals surface area contributed by atoms with Crippen molar-refractivity contribution >= 4 is 5.69 Å². The largest absolute Gasteiger partial charge is 0.399 e. The third kappa shape index (κ3) is 4.67. The van der Waals surface area contributed by atoms with Crippen LogP contribution >= 0.6 is 0 Å². The van der Waals surface area contributed by atoms with Gasteiger partial charge in [-0.1, -0.05) is 26.0 Å². The average Bonchev–Trinajstić information content (AvgIpc) is 2.26. The van der Waals surface area contributed by atoms with Crippen molar-refractivity contribution in [1.29, 1.82) is 0 Å². The number of benzene rings is 1. The van der Waals surface area contributed by atoms with Crippen molar-refractivity contribution in [3.05, 3.63) is 29.8 Å². The number of likely N-dealkylation sites (N-methyl/N-ethyl adjacent to an activating group) is 2. The maximum Gasteiger partial charge on any atom is 0.0314 e. The fraction of sp³-hybridized carbons (Fsp3) is 0.600. The summed E-state index contributed by atoms with van der Waals surface area (Å²) >= 11 is 0. The van der Waals surface area contributed by atoms with Crippen molar-refractivity contribution in [2.24, 2.45) is 0 Å². The molecule has 0 aliphatic heterocycles. The highest BCUT2D eigenvalue weighted by atomic mass is 15.2. The van der Waals surface area contributed by atoms with Crippen LogP contribution in [0.4, 0.5) is 5.69 Å². The van der Waals surface area contributed by atoms with Gasteiger partial charge in [0.1, 0.15) is 0 Å². The van der Waals surface area contributed by atoms with E-state index in [1.807, 2.05) is 12.1 Å². The zero-order chi connectivity index (χ0) is 13.8. The number of hydrogen-bond acceptors (Lipinski definition) is 3. The first-order valence-electron chi connectivity index (χ1n) is 6.50. The van der Waals surface area contributed by atoms with Crippen LogP contribution in [0.3, 0.4) is 0 Å². The molecule has 102 valence electrons. The normalized spacial score (nSPS) is 12.4. The van der Waals surface area contributed by atoms with Crippen molar-refractivity contribution in [3.63, 3.8) is 0 Å². The van der Waals surface area contributed by atoms with E-state index in [0.29, 0.717) is 0 Å². The zero-order valence-corrected chi connectivity index (χ0v) is 12.4. The molecule has 0 spiro atoms. The van der Waals surface area contributed by atoms with Gasteiger partial charge in [0.2, 0.25) is 0 Å². The van der Waals surface area contributed by atoms with Crippen LogP contribution in [0, 0.1) is 0 Å². The first-order chi connectivity index (χ1) is 8.31. The molecule has 1 aromatic carbocycles. The predicted molar refractivity (Wildman–Crippen MR) is 79.9 cm³/mol. The second-order valence-electron chi connectivity index (χ2n) is 6.05. The van der Waals surface area contributed by atoms with Crippen molar-refractivity contribution in [3.8, 4) is 0 Å². The Morgan fingerprint density at radius 2 is 1.56 bits per heavy atom. The number of nitrogens with two attached hydrogens (primary N) is 1. The highest BCUT2D eigenvalue weighted by molar-refractivity contribution is 5.41. The van der Waals surface area contributed by atoms with Crippen LogP contribution in [0.5, 0.6) is 0 Å². The molecule has 0 unspecified atom stereocenters. The van der Waals surface area contributed by atoms with E-state index in [1.54, 1.807) is 0 Å². The summed E-state index contributed by atoms with van der Waals surface area (Å²) in [6.07, 6.45) is 0. The van der Waals surface area contributed by atoms with Gasteiger partial charge in [-0.2, -0.15) is 0 Å². The smallest absolute Gasteiger partial charge is 0.0314 e. The molecule has 0 aliphatic carbocycles. The number of rotatable bonds is 6. The average molecular weight is 249 g/mol. The molecule has 2 N–H and O–H groups in total. The van der Waals surface area contributed by atoms with E-state index in [9.17, 15) is 0 Å². The van der Waals surface area contributed by atoms with E-state index >= 15 is 0 Å². The lowest BCUT2D eigenvalue weighted by molar-refractivity contribution is 0.240. The van der Waals surface area contributed by atoms with Crippen molar-refractivity contribution in [2.75, 3.05) is 46.5 Å². The first-order valence-corrected chi connectivity index (χ1v) is 6.50. The van der Waals surface area contributed by atoms with Gasteiger partial charge in [0.05, 0.1) is 0 Å². The topological polar surface area (TPSA) is 32.5 Å². The van der Waals surface area contributed by atoms with Gasteiger partial charge in [-0.3, -0.25) is 0 Å². The molecule has 0 aliphatic rings. The highest BCUT2D eigenvalue weighted by Gasteiger charge is 2.22. The minimum atomic E-state index is 0.148. The first kappa shape index (κ1) is 15.0. The third-order valence-electron chi connectivity index (χ3n) is 3.29. The van der Waals surface area contributed by atoms with Gasteiger partial charge in [0.25, 0.3) is 0 Å². The fourth-order valence-electron chi connectivity index (χ4n) is 2.15. The number of nitrogen functional groups attached to an aromatic ring is 1. The van der Waals surface area contributed by atoms with Crippen molar-refractivity contribution in [2.45, 2.75) is 19.3 Å². The van der Waals surface area contributed by atoms with E-state index in [-0.39, 0.29) is 5.41 Å². The van der Waals surface area contributed by atoms with Crippen LogP contribution in [0.2, 0.25) is 0 Å². The molecule has 0 aromatic heterocycles. The van der Waals surface area contributed by atoms with Crippen LogP contribution in [0.25, 0.3) is 0 Å². The summed E-state index contributed by atoms with van der Waals surface area (Å²) < 4.78 is 0. The van der Waals surface area contributed by atoms with E-state index in [2.05, 4.69) is 56.9 Å². The SMILES string of the molecule is CN(C)CCN(C)CC(C)(C)c1ccc(N)cc1. The molecule has 0 saturated heterocycles. The summed E-state index contributed by atoms with van der Waals surface area (Å²) in [5.41, 5.74) is 8.05. The lowest BCUT2D eigenvalue weighted by Gasteiger charge is -2.31. The summed E-state index contributed by atoms with van der Waals surface area (Å²) in [4.78, 5) is 4.60. The summed E-state index contributed by atoms with van der Waals surface area (Å²) in [5, 5.41) is 0. The molecule has 1 aromatic rings. The molecule has 3 nitrogen and oxygen atoms in total. The van der Waals surface area contributed by atoms with Crippen LogP contribution in [0.1, 0.15) is 19.4 Å². The Kier molecular flexibility index (Phi) is 5.17. The monoisotopic (exact) mass is 249 g/mol. The van der Waals surface area contributed by atoms with Crippen molar-refractivity contribution in [1.82, 2.24) is 9.80 Å². The summed E-state index contributed by atoms with van der Waals surface area (Å²) in [7, 11) is 6.40. The van der Waals surface area contributed by atoms with E-state index in [4.69, 9.17) is 5.73 Å². The molecule has 0 amide bonds. The van der Waals surface area contributed by atoms with Crippen LogP contribution in [-0.4, -0.2) is 50.6 Å². The molecule has 3 heteroatoms.